The number of nitrogens with one attached hydrogen (secondary N) is 2. The van der Waals surface area contributed by atoms with Crippen LogP contribution >= 0.6 is 0 Å². The van der Waals surface area contributed by atoms with E-state index in [1.807, 2.05) is 0 Å². The summed E-state index contributed by atoms with van der Waals surface area (Å²) in [5.41, 5.74) is -0.125. The van der Waals surface area contributed by atoms with Crippen LogP contribution in [0.4, 0.5) is 30.5 Å². The minimum absolute atomic E-state index is 0.0381. The number of hydrogen-bond donors (Lipinski definition) is 2. The van der Waals surface area contributed by atoms with Gasteiger partial charge in [0.05, 0.1) is 11.3 Å². The maximum atomic E-state index is 12.9. The van der Waals surface area contributed by atoms with E-state index in [0.717, 1.165) is 6.07 Å². The summed E-state index contributed by atoms with van der Waals surface area (Å²) in [6, 6.07) is 5.27. The number of anilines is 3. The first-order valence-corrected chi connectivity index (χ1v) is 5.86. The second-order valence-corrected chi connectivity index (χ2v) is 4.11. The van der Waals surface area contributed by atoms with E-state index >= 15 is 0 Å². The van der Waals surface area contributed by atoms with Crippen molar-refractivity contribution in [3.05, 3.63) is 41.7 Å². The van der Waals surface area contributed by atoms with Gasteiger partial charge in [0.15, 0.2) is 0 Å². The van der Waals surface area contributed by atoms with Crippen LogP contribution < -0.4 is 10.6 Å². The molecule has 0 aliphatic heterocycles. The molecule has 106 valence electrons. The van der Waals surface area contributed by atoms with Gasteiger partial charge >= 0.3 is 6.18 Å². The van der Waals surface area contributed by atoms with Crippen LogP contribution in [0, 0.1) is 6.92 Å². The van der Waals surface area contributed by atoms with Gasteiger partial charge in [-0.15, -0.1) is 0 Å². The zero-order valence-corrected chi connectivity index (χ0v) is 10.9. The van der Waals surface area contributed by atoms with Gasteiger partial charge in [0, 0.05) is 12.6 Å². The van der Waals surface area contributed by atoms with Gasteiger partial charge in [-0.05, 0) is 19.1 Å². The average molecular weight is 282 g/mol. The highest BCUT2D eigenvalue weighted by Crippen LogP contribution is 2.36. The van der Waals surface area contributed by atoms with Crippen molar-refractivity contribution >= 4 is 17.3 Å². The van der Waals surface area contributed by atoms with Crippen molar-refractivity contribution in [3.8, 4) is 0 Å². The second-order valence-electron chi connectivity index (χ2n) is 4.11. The van der Waals surface area contributed by atoms with Gasteiger partial charge in [0.25, 0.3) is 0 Å². The molecule has 0 saturated heterocycles. The topological polar surface area (TPSA) is 49.8 Å². The summed E-state index contributed by atoms with van der Waals surface area (Å²) in [5, 5.41) is 5.56. The third kappa shape index (κ3) is 2.81. The van der Waals surface area contributed by atoms with E-state index < -0.39 is 11.7 Å². The Morgan fingerprint density at radius 1 is 1.05 bits per heavy atom. The van der Waals surface area contributed by atoms with Crippen molar-refractivity contribution in [2.24, 2.45) is 0 Å². The molecule has 0 spiro atoms. The van der Waals surface area contributed by atoms with Crippen molar-refractivity contribution in [1.29, 1.82) is 0 Å². The molecule has 4 nitrogen and oxygen atoms in total. The molecule has 20 heavy (non-hydrogen) atoms. The standard InChI is InChI=1S/C13H13F3N4/c1-8-11(17-2)18-7-19-12(8)20-10-6-4-3-5-9(10)13(14,15)16/h3-7H,1-2H3,(H2,17,18,19,20). The highest BCUT2D eigenvalue weighted by molar-refractivity contribution is 5.66. The molecule has 2 rings (SSSR count). The van der Waals surface area contributed by atoms with Crippen LogP contribution in [0.2, 0.25) is 0 Å². The minimum atomic E-state index is -4.42. The summed E-state index contributed by atoms with van der Waals surface area (Å²) in [6.45, 7) is 1.73. The van der Waals surface area contributed by atoms with E-state index in [9.17, 15) is 13.2 Å². The van der Waals surface area contributed by atoms with Gasteiger partial charge in [-0.3, -0.25) is 0 Å². The molecule has 0 aliphatic rings. The SMILES string of the molecule is CNc1ncnc(Nc2ccccc2C(F)(F)F)c1C. The Hall–Kier alpha value is -2.31. The van der Waals surface area contributed by atoms with E-state index in [2.05, 4.69) is 20.6 Å². The molecular weight excluding hydrogens is 269 g/mol. The molecule has 2 N–H and O–H groups in total. The summed E-state index contributed by atoms with van der Waals surface area (Å²) in [7, 11) is 1.68. The molecule has 0 atom stereocenters. The first kappa shape index (κ1) is 14.1. The molecule has 0 aliphatic carbocycles. The van der Waals surface area contributed by atoms with Gasteiger partial charge in [-0.2, -0.15) is 13.2 Å². The zero-order valence-electron chi connectivity index (χ0n) is 10.9. The Morgan fingerprint density at radius 3 is 2.35 bits per heavy atom. The number of nitrogens with zero attached hydrogens (tertiary/aromatic N) is 2. The van der Waals surface area contributed by atoms with E-state index in [1.54, 1.807) is 14.0 Å². The summed E-state index contributed by atoms with van der Waals surface area (Å²) >= 11 is 0. The highest BCUT2D eigenvalue weighted by atomic mass is 19.4. The number of hydrogen-bond acceptors (Lipinski definition) is 4. The smallest absolute Gasteiger partial charge is 0.373 e. The first-order chi connectivity index (χ1) is 9.43. The lowest BCUT2D eigenvalue weighted by molar-refractivity contribution is -0.136. The van der Waals surface area contributed by atoms with Gasteiger partial charge in [-0.1, -0.05) is 12.1 Å². The van der Waals surface area contributed by atoms with Crippen LogP contribution in [0.5, 0.6) is 0 Å². The minimum Gasteiger partial charge on any atom is -0.373 e. The van der Waals surface area contributed by atoms with Gasteiger partial charge in [-0.25, -0.2) is 9.97 Å². The summed E-state index contributed by atoms with van der Waals surface area (Å²) in [4.78, 5) is 7.96. The van der Waals surface area contributed by atoms with Crippen molar-refractivity contribution < 1.29 is 13.2 Å². The molecule has 0 unspecified atom stereocenters. The van der Waals surface area contributed by atoms with Crippen molar-refractivity contribution in [3.63, 3.8) is 0 Å². The van der Waals surface area contributed by atoms with Gasteiger partial charge in [0.2, 0.25) is 0 Å². The van der Waals surface area contributed by atoms with Crippen molar-refractivity contribution in [2.45, 2.75) is 13.1 Å². The van der Waals surface area contributed by atoms with E-state index in [1.165, 1.54) is 24.5 Å². The lowest BCUT2D eigenvalue weighted by Gasteiger charge is -2.15. The van der Waals surface area contributed by atoms with Crippen LogP contribution in [0.15, 0.2) is 30.6 Å². The van der Waals surface area contributed by atoms with Crippen molar-refractivity contribution in [2.75, 3.05) is 17.7 Å². The number of alkyl halides is 3. The predicted molar refractivity (Wildman–Crippen MR) is 71.0 cm³/mol. The molecule has 7 heteroatoms. The van der Waals surface area contributed by atoms with Gasteiger partial charge < -0.3 is 10.6 Å². The first-order valence-electron chi connectivity index (χ1n) is 5.86. The molecule has 1 aromatic heterocycles. The number of benzene rings is 1. The van der Waals surface area contributed by atoms with E-state index in [0.29, 0.717) is 17.2 Å². The summed E-state index contributed by atoms with van der Waals surface area (Å²) in [5.74, 6) is 0.896. The molecule has 0 bridgehead atoms. The number of rotatable bonds is 3. The molecule has 0 saturated carbocycles. The molecule has 2 aromatic rings. The molecule has 0 fully saturated rings. The maximum Gasteiger partial charge on any atom is 0.418 e. The molecule has 1 aromatic carbocycles. The monoisotopic (exact) mass is 282 g/mol. The third-order valence-corrected chi connectivity index (χ3v) is 2.81. The largest absolute Gasteiger partial charge is 0.418 e. The highest BCUT2D eigenvalue weighted by Gasteiger charge is 2.33. The Bertz CT molecular complexity index is 611. The quantitative estimate of drug-likeness (QED) is 0.903. The summed E-state index contributed by atoms with van der Waals surface area (Å²) in [6.07, 6.45) is -3.13. The fourth-order valence-electron chi connectivity index (χ4n) is 1.80. The third-order valence-electron chi connectivity index (χ3n) is 2.81. The zero-order chi connectivity index (χ0) is 14.8. The van der Waals surface area contributed by atoms with Crippen LogP contribution in [0.1, 0.15) is 11.1 Å². The number of halogens is 3. The van der Waals surface area contributed by atoms with Gasteiger partial charge in [0.1, 0.15) is 18.0 Å². The molecule has 0 amide bonds. The van der Waals surface area contributed by atoms with Crippen LogP contribution in [0.3, 0.4) is 0 Å². The van der Waals surface area contributed by atoms with Crippen molar-refractivity contribution in [1.82, 2.24) is 9.97 Å². The van der Waals surface area contributed by atoms with Crippen LogP contribution in [0.25, 0.3) is 0 Å². The Labute approximate surface area is 114 Å². The predicted octanol–water partition coefficient (Wildman–Crippen LogP) is 3.59. The Morgan fingerprint density at radius 2 is 1.70 bits per heavy atom. The average Bonchev–Trinajstić information content (AvgIpc) is 2.40. The summed E-state index contributed by atoms with van der Waals surface area (Å²) < 4.78 is 38.7. The number of aromatic nitrogens is 2. The van der Waals surface area contributed by atoms with Crippen LogP contribution in [-0.2, 0) is 6.18 Å². The molecule has 0 radical (unpaired) electrons. The normalized spacial score (nSPS) is 11.2. The molecular formula is C13H13F3N4. The fourth-order valence-corrected chi connectivity index (χ4v) is 1.80. The Balaban J connectivity index is 2.41. The van der Waals surface area contributed by atoms with E-state index in [4.69, 9.17) is 0 Å². The van der Waals surface area contributed by atoms with Crippen LogP contribution in [-0.4, -0.2) is 17.0 Å². The maximum absolute atomic E-state index is 12.9. The van der Waals surface area contributed by atoms with E-state index in [-0.39, 0.29) is 5.69 Å². The second kappa shape index (κ2) is 5.36. The number of para-hydroxylation sites is 1. The fraction of sp³-hybridized carbons (Fsp3) is 0.231. The lowest BCUT2D eigenvalue weighted by atomic mass is 10.1. The lowest BCUT2D eigenvalue weighted by Crippen LogP contribution is -2.10. The Kier molecular flexibility index (Phi) is 3.78. The molecule has 1 heterocycles.